The van der Waals surface area contributed by atoms with Crippen LogP contribution in [0.5, 0.6) is 11.5 Å². The van der Waals surface area contributed by atoms with Gasteiger partial charge in [0.15, 0.2) is 11.5 Å². The Labute approximate surface area is 113 Å². The van der Waals surface area contributed by atoms with E-state index in [4.69, 9.17) is 15.2 Å². The molecule has 1 heterocycles. The van der Waals surface area contributed by atoms with Crippen LogP contribution in [0, 0.1) is 5.92 Å². The van der Waals surface area contributed by atoms with Crippen LogP contribution < -0.4 is 20.5 Å². The molecule has 0 radical (unpaired) electrons. The molecule has 0 saturated carbocycles. The molecule has 0 bridgehead atoms. The third-order valence-electron chi connectivity index (χ3n) is 3.05. The fraction of sp³-hybridized carbons (Fsp3) is 0.571. The molecule has 5 nitrogen and oxygen atoms in total. The number of nitrogens with one attached hydrogen (secondary N) is 1. The van der Waals surface area contributed by atoms with E-state index in [1.54, 1.807) is 6.07 Å². The molecule has 19 heavy (non-hydrogen) atoms. The molecule has 4 N–H and O–H groups in total. The van der Waals surface area contributed by atoms with Gasteiger partial charge >= 0.3 is 0 Å². The number of fused-ring (bicyclic) bond motifs is 1. The first kappa shape index (κ1) is 13.8. The average molecular weight is 266 g/mol. The molecule has 0 spiro atoms. The summed E-state index contributed by atoms with van der Waals surface area (Å²) in [5.74, 6) is 1.88. The minimum absolute atomic E-state index is 0.00939. The van der Waals surface area contributed by atoms with Gasteiger partial charge in [0.25, 0.3) is 0 Å². The third kappa shape index (κ3) is 3.44. The van der Waals surface area contributed by atoms with E-state index in [1.165, 1.54) is 0 Å². The lowest BCUT2D eigenvalue weighted by Crippen LogP contribution is -2.26. The molecule has 0 fully saturated rings. The predicted octanol–water partition coefficient (Wildman–Crippen LogP) is 1.86. The van der Waals surface area contributed by atoms with Crippen molar-refractivity contribution in [2.24, 2.45) is 5.92 Å². The van der Waals surface area contributed by atoms with Gasteiger partial charge < -0.3 is 25.6 Å². The SMILES string of the molecule is CC(C)CC(CO)Nc1cc2c(cc1N)OCCO2. The molecule has 1 aliphatic heterocycles. The van der Waals surface area contributed by atoms with Crippen molar-refractivity contribution < 1.29 is 14.6 Å². The zero-order chi connectivity index (χ0) is 13.8. The van der Waals surface area contributed by atoms with Crippen LogP contribution in [0.4, 0.5) is 11.4 Å². The number of aliphatic hydroxyl groups is 1. The van der Waals surface area contributed by atoms with Gasteiger partial charge in [-0.05, 0) is 12.3 Å². The topological polar surface area (TPSA) is 76.7 Å². The highest BCUT2D eigenvalue weighted by molar-refractivity contribution is 5.72. The number of benzene rings is 1. The van der Waals surface area contributed by atoms with E-state index < -0.39 is 0 Å². The molecule has 5 heteroatoms. The number of ether oxygens (including phenoxy) is 2. The van der Waals surface area contributed by atoms with Crippen molar-refractivity contribution in [1.29, 1.82) is 0 Å². The van der Waals surface area contributed by atoms with Gasteiger partial charge in [-0.1, -0.05) is 13.8 Å². The van der Waals surface area contributed by atoms with Gasteiger partial charge in [0.05, 0.1) is 18.0 Å². The number of hydrogen-bond donors (Lipinski definition) is 3. The summed E-state index contributed by atoms with van der Waals surface area (Å²) >= 11 is 0. The van der Waals surface area contributed by atoms with E-state index in [1.807, 2.05) is 6.07 Å². The second-order valence-corrected chi connectivity index (χ2v) is 5.24. The zero-order valence-corrected chi connectivity index (χ0v) is 11.5. The highest BCUT2D eigenvalue weighted by Crippen LogP contribution is 2.37. The number of aliphatic hydroxyl groups excluding tert-OH is 1. The Kier molecular flexibility index (Phi) is 4.37. The van der Waals surface area contributed by atoms with Gasteiger partial charge in [-0.25, -0.2) is 0 Å². The number of hydrogen-bond acceptors (Lipinski definition) is 5. The molecular formula is C14H22N2O3. The second kappa shape index (κ2) is 6.02. The summed E-state index contributed by atoms with van der Waals surface area (Å²) in [6.07, 6.45) is 0.879. The fourth-order valence-electron chi connectivity index (χ4n) is 2.20. The van der Waals surface area contributed by atoms with Gasteiger partial charge in [0.1, 0.15) is 13.2 Å². The minimum atomic E-state index is -0.00939. The Morgan fingerprint density at radius 3 is 2.47 bits per heavy atom. The molecule has 0 amide bonds. The molecule has 0 saturated heterocycles. The molecule has 1 aliphatic rings. The van der Waals surface area contributed by atoms with Crippen LogP contribution in [0.1, 0.15) is 20.3 Å². The van der Waals surface area contributed by atoms with Gasteiger partial charge in [-0.2, -0.15) is 0 Å². The van der Waals surface area contributed by atoms with Crippen LogP contribution in [-0.2, 0) is 0 Å². The van der Waals surface area contributed by atoms with Crippen molar-refractivity contribution in [3.05, 3.63) is 12.1 Å². The highest BCUT2D eigenvalue weighted by Gasteiger charge is 2.17. The summed E-state index contributed by atoms with van der Waals surface area (Å²) < 4.78 is 11.0. The average Bonchev–Trinajstić information content (AvgIpc) is 2.38. The lowest BCUT2D eigenvalue weighted by Gasteiger charge is -2.24. The van der Waals surface area contributed by atoms with Crippen LogP contribution in [0.2, 0.25) is 0 Å². The van der Waals surface area contributed by atoms with Gasteiger partial charge in [-0.15, -0.1) is 0 Å². The maximum atomic E-state index is 9.41. The molecule has 1 aromatic rings. The zero-order valence-electron chi connectivity index (χ0n) is 11.5. The normalized spacial score (nSPS) is 15.4. The summed E-state index contributed by atoms with van der Waals surface area (Å²) in [7, 11) is 0. The number of anilines is 2. The summed E-state index contributed by atoms with van der Waals surface area (Å²) in [5, 5.41) is 12.7. The maximum Gasteiger partial charge on any atom is 0.163 e. The molecule has 1 aromatic carbocycles. The van der Waals surface area contributed by atoms with Crippen LogP contribution in [-0.4, -0.2) is 31.0 Å². The Bertz CT molecular complexity index is 435. The molecule has 0 aliphatic carbocycles. The van der Waals surface area contributed by atoms with E-state index in [0.29, 0.717) is 36.3 Å². The third-order valence-corrected chi connectivity index (χ3v) is 3.05. The van der Waals surface area contributed by atoms with E-state index in [2.05, 4.69) is 19.2 Å². The smallest absolute Gasteiger partial charge is 0.163 e. The summed E-state index contributed by atoms with van der Waals surface area (Å²) in [5.41, 5.74) is 7.38. The lowest BCUT2D eigenvalue weighted by atomic mass is 10.0. The summed E-state index contributed by atoms with van der Waals surface area (Å²) in [6.45, 7) is 5.42. The van der Waals surface area contributed by atoms with Gasteiger partial charge in [-0.3, -0.25) is 0 Å². The molecule has 2 rings (SSSR count). The van der Waals surface area contributed by atoms with E-state index in [9.17, 15) is 5.11 Å². The van der Waals surface area contributed by atoms with Gasteiger partial charge in [0, 0.05) is 18.2 Å². The number of nitrogen functional groups attached to an aromatic ring is 1. The quantitative estimate of drug-likeness (QED) is 0.709. The standard InChI is InChI=1S/C14H22N2O3/c1-9(2)5-10(8-17)16-12-7-14-13(6-11(12)15)18-3-4-19-14/h6-7,9-10,16-17H,3-5,8,15H2,1-2H3. The lowest BCUT2D eigenvalue weighted by molar-refractivity contribution is 0.172. The van der Waals surface area contributed by atoms with E-state index in [0.717, 1.165) is 12.1 Å². The van der Waals surface area contributed by atoms with Gasteiger partial charge in [0.2, 0.25) is 0 Å². The molecular weight excluding hydrogens is 244 g/mol. The number of rotatable bonds is 5. The first-order valence-corrected chi connectivity index (χ1v) is 6.66. The largest absolute Gasteiger partial charge is 0.486 e. The fourth-order valence-corrected chi connectivity index (χ4v) is 2.20. The van der Waals surface area contributed by atoms with Crippen molar-refractivity contribution in [3.8, 4) is 11.5 Å². The van der Waals surface area contributed by atoms with Crippen molar-refractivity contribution in [2.75, 3.05) is 30.9 Å². The monoisotopic (exact) mass is 266 g/mol. The predicted molar refractivity (Wildman–Crippen MR) is 75.8 cm³/mol. The first-order valence-electron chi connectivity index (χ1n) is 6.66. The van der Waals surface area contributed by atoms with Crippen LogP contribution >= 0.6 is 0 Å². The van der Waals surface area contributed by atoms with Crippen molar-refractivity contribution >= 4 is 11.4 Å². The molecule has 0 aromatic heterocycles. The molecule has 106 valence electrons. The van der Waals surface area contributed by atoms with Crippen LogP contribution in [0.25, 0.3) is 0 Å². The summed E-state index contributed by atoms with van der Waals surface area (Å²) in [6, 6.07) is 3.60. The van der Waals surface area contributed by atoms with Crippen LogP contribution in [0.15, 0.2) is 12.1 Å². The second-order valence-electron chi connectivity index (χ2n) is 5.24. The minimum Gasteiger partial charge on any atom is -0.486 e. The van der Waals surface area contributed by atoms with E-state index in [-0.39, 0.29) is 12.6 Å². The number of nitrogens with two attached hydrogens (primary N) is 1. The Balaban J connectivity index is 2.15. The molecule has 1 unspecified atom stereocenters. The molecule has 1 atom stereocenters. The van der Waals surface area contributed by atoms with Crippen molar-refractivity contribution in [2.45, 2.75) is 26.3 Å². The Hall–Kier alpha value is -1.62. The summed E-state index contributed by atoms with van der Waals surface area (Å²) in [4.78, 5) is 0. The Morgan fingerprint density at radius 2 is 1.89 bits per heavy atom. The van der Waals surface area contributed by atoms with E-state index >= 15 is 0 Å². The van der Waals surface area contributed by atoms with Crippen molar-refractivity contribution in [3.63, 3.8) is 0 Å². The Morgan fingerprint density at radius 1 is 1.26 bits per heavy atom. The first-order chi connectivity index (χ1) is 9.10. The highest BCUT2D eigenvalue weighted by atomic mass is 16.6. The van der Waals surface area contributed by atoms with Crippen molar-refractivity contribution in [1.82, 2.24) is 0 Å². The van der Waals surface area contributed by atoms with Crippen LogP contribution in [0.3, 0.4) is 0 Å². The maximum absolute atomic E-state index is 9.41.